The molecule has 0 bridgehead atoms. The zero-order chi connectivity index (χ0) is 34.7. The van der Waals surface area contributed by atoms with E-state index in [0.29, 0.717) is 29.9 Å². The predicted molar refractivity (Wildman–Crippen MR) is 160 cm³/mol. The molecule has 0 fully saturated rings. The molecule has 3 heterocycles. The second-order valence-corrected chi connectivity index (χ2v) is 11.1. The standard InChI is InChI=1S/C31H36F6N6O4/c1-6-29(38)16-22(25-23(8-9-24(40-25)46-5)43(29)28(44)47-7-2)26-39-17-19(27(41-26)42(3)10-11-45-4)12-18-13-20(30(32,33)34)15-21(14-18)31(35,36)37/h8-9,13-15,17,22H,6-7,10-12,16,38H2,1-5H3/t22-,29+/m0/s1. The van der Waals surface area contributed by atoms with Crippen molar-refractivity contribution in [1.82, 2.24) is 15.0 Å². The predicted octanol–water partition coefficient (Wildman–Crippen LogP) is 6.15. The van der Waals surface area contributed by atoms with Gasteiger partial charge in [0.1, 0.15) is 17.3 Å². The van der Waals surface area contributed by atoms with Gasteiger partial charge in [0.2, 0.25) is 5.88 Å². The molecule has 3 aromatic rings. The maximum absolute atomic E-state index is 13.6. The third-order valence-electron chi connectivity index (χ3n) is 7.93. The number of nitrogens with two attached hydrogens (primary N) is 1. The van der Waals surface area contributed by atoms with Crippen LogP contribution in [0.4, 0.5) is 42.6 Å². The zero-order valence-corrected chi connectivity index (χ0v) is 26.5. The first-order chi connectivity index (χ1) is 22.1. The summed E-state index contributed by atoms with van der Waals surface area (Å²) in [6, 6.07) is 4.66. The molecule has 2 N–H and O–H groups in total. The first-order valence-electron chi connectivity index (χ1n) is 14.7. The number of methoxy groups -OCH3 is 2. The molecule has 47 heavy (non-hydrogen) atoms. The molecule has 10 nitrogen and oxygen atoms in total. The molecule has 0 aliphatic carbocycles. The fourth-order valence-corrected chi connectivity index (χ4v) is 5.48. The summed E-state index contributed by atoms with van der Waals surface area (Å²) in [5.41, 5.74) is 3.53. The zero-order valence-electron chi connectivity index (χ0n) is 26.5. The van der Waals surface area contributed by atoms with Gasteiger partial charge < -0.3 is 24.8 Å². The van der Waals surface area contributed by atoms with Gasteiger partial charge in [-0.2, -0.15) is 26.3 Å². The molecule has 256 valence electrons. The monoisotopic (exact) mass is 670 g/mol. The Morgan fingerprint density at radius 1 is 1.06 bits per heavy atom. The van der Waals surface area contributed by atoms with Crippen LogP contribution in [-0.4, -0.2) is 67.7 Å². The van der Waals surface area contributed by atoms with Crippen LogP contribution < -0.4 is 20.3 Å². The number of hydrogen-bond donors (Lipinski definition) is 1. The smallest absolute Gasteiger partial charge is 0.416 e. The van der Waals surface area contributed by atoms with Gasteiger partial charge in [0, 0.05) is 44.9 Å². The summed E-state index contributed by atoms with van der Waals surface area (Å²) in [5, 5.41) is 0. The summed E-state index contributed by atoms with van der Waals surface area (Å²) in [7, 11) is 4.58. The molecule has 1 aromatic carbocycles. The first-order valence-corrected chi connectivity index (χ1v) is 14.7. The van der Waals surface area contributed by atoms with E-state index in [1.807, 2.05) is 6.92 Å². The maximum atomic E-state index is 13.6. The molecular weight excluding hydrogens is 634 g/mol. The Morgan fingerprint density at radius 2 is 1.72 bits per heavy atom. The molecule has 0 saturated heterocycles. The maximum Gasteiger partial charge on any atom is 0.416 e. The molecule has 1 amide bonds. The Hall–Kier alpha value is -4.18. The molecule has 0 radical (unpaired) electrons. The minimum atomic E-state index is -5.00. The van der Waals surface area contributed by atoms with Gasteiger partial charge in [-0.15, -0.1) is 0 Å². The Kier molecular flexibility index (Phi) is 10.5. The Labute approximate surface area is 267 Å². The molecule has 1 aliphatic heterocycles. The molecule has 2 atom stereocenters. The lowest BCUT2D eigenvalue weighted by Gasteiger charge is -2.46. The van der Waals surface area contributed by atoms with Crippen molar-refractivity contribution in [3.05, 3.63) is 70.3 Å². The number of rotatable bonds is 10. The highest BCUT2D eigenvalue weighted by molar-refractivity contribution is 5.91. The van der Waals surface area contributed by atoms with Crippen LogP contribution in [0.25, 0.3) is 0 Å². The summed E-state index contributed by atoms with van der Waals surface area (Å²) >= 11 is 0. The summed E-state index contributed by atoms with van der Waals surface area (Å²) in [5.74, 6) is 0.0404. The largest absolute Gasteiger partial charge is 0.481 e. The quantitative estimate of drug-likeness (QED) is 0.254. The molecule has 1 aliphatic rings. The van der Waals surface area contributed by atoms with Crippen molar-refractivity contribution >= 4 is 17.6 Å². The number of ether oxygens (including phenoxy) is 3. The minimum absolute atomic E-state index is 0.0862. The number of hydrogen-bond acceptors (Lipinski definition) is 9. The van der Waals surface area contributed by atoms with Gasteiger partial charge in [-0.25, -0.2) is 19.7 Å². The third kappa shape index (κ3) is 7.70. The summed E-state index contributed by atoms with van der Waals surface area (Å²) < 4.78 is 97.4. The van der Waals surface area contributed by atoms with Gasteiger partial charge in [-0.1, -0.05) is 6.92 Å². The van der Waals surface area contributed by atoms with E-state index in [2.05, 4.69) is 9.97 Å². The second kappa shape index (κ2) is 13.9. The SMILES string of the molecule is CCOC(=O)N1c2ccc(OC)nc2[C@@H](c2ncc(Cc3cc(C(F)(F)F)cc(C(F)(F)F)c3)c(N(C)CCOC)n2)C[C@@]1(N)CC. The van der Waals surface area contributed by atoms with Crippen LogP contribution in [0.1, 0.15) is 66.4 Å². The Morgan fingerprint density at radius 3 is 2.28 bits per heavy atom. The average Bonchev–Trinajstić information content (AvgIpc) is 3.02. The number of anilines is 2. The van der Waals surface area contributed by atoms with Gasteiger partial charge in [-0.3, -0.25) is 4.90 Å². The minimum Gasteiger partial charge on any atom is -0.481 e. The highest BCUT2D eigenvalue weighted by Crippen LogP contribution is 2.46. The van der Waals surface area contributed by atoms with Crippen LogP contribution in [0.5, 0.6) is 5.88 Å². The van der Waals surface area contributed by atoms with Crippen molar-refractivity contribution in [3.8, 4) is 5.88 Å². The van der Waals surface area contributed by atoms with E-state index in [0.717, 1.165) is 0 Å². The van der Waals surface area contributed by atoms with Gasteiger partial charge in [0.25, 0.3) is 0 Å². The van der Waals surface area contributed by atoms with Crippen LogP contribution in [0.2, 0.25) is 0 Å². The summed E-state index contributed by atoms with van der Waals surface area (Å²) in [6.07, 6.45) is -9.21. The van der Waals surface area contributed by atoms with Gasteiger partial charge in [0.15, 0.2) is 0 Å². The number of carbonyl (C=O) groups is 1. The number of fused-ring (bicyclic) bond motifs is 1. The molecule has 16 heteroatoms. The average molecular weight is 671 g/mol. The normalized spacial score (nSPS) is 18.1. The van der Waals surface area contributed by atoms with Crippen LogP contribution in [0.15, 0.2) is 36.5 Å². The number of nitrogens with zero attached hydrogens (tertiary/aromatic N) is 5. The van der Waals surface area contributed by atoms with Crippen molar-refractivity contribution in [2.45, 2.75) is 57.0 Å². The fourth-order valence-electron chi connectivity index (χ4n) is 5.48. The number of halogens is 6. The first kappa shape index (κ1) is 35.7. The lowest BCUT2D eigenvalue weighted by Crippen LogP contribution is -2.61. The molecule has 4 rings (SSSR count). The highest BCUT2D eigenvalue weighted by atomic mass is 19.4. The number of aromatic nitrogens is 3. The number of alkyl halides is 6. The number of amides is 1. The summed E-state index contributed by atoms with van der Waals surface area (Å²) in [4.78, 5) is 30.1. The molecule has 0 spiro atoms. The fraction of sp³-hybridized carbons (Fsp3) is 0.484. The van der Waals surface area contributed by atoms with Gasteiger partial charge >= 0.3 is 18.4 Å². The third-order valence-corrected chi connectivity index (χ3v) is 7.93. The van der Waals surface area contributed by atoms with E-state index in [-0.39, 0.29) is 67.3 Å². The lowest BCUT2D eigenvalue weighted by molar-refractivity contribution is -0.143. The lowest BCUT2D eigenvalue weighted by atomic mass is 9.83. The van der Waals surface area contributed by atoms with E-state index in [9.17, 15) is 31.1 Å². The van der Waals surface area contributed by atoms with E-state index >= 15 is 0 Å². The molecule has 2 aromatic heterocycles. The second-order valence-electron chi connectivity index (χ2n) is 11.1. The van der Waals surface area contributed by atoms with E-state index in [1.165, 1.54) is 25.3 Å². The number of benzene rings is 1. The van der Waals surface area contributed by atoms with E-state index in [4.69, 9.17) is 24.9 Å². The molecular formula is C31H36F6N6O4. The molecule has 0 unspecified atom stereocenters. The van der Waals surface area contributed by atoms with Crippen LogP contribution in [0.3, 0.4) is 0 Å². The van der Waals surface area contributed by atoms with Crippen molar-refractivity contribution in [2.24, 2.45) is 5.73 Å². The van der Waals surface area contributed by atoms with Crippen LogP contribution >= 0.6 is 0 Å². The topological polar surface area (TPSA) is 116 Å². The van der Waals surface area contributed by atoms with E-state index in [1.54, 1.807) is 31.0 Å². The Balaban J connectivity index is 1.87. The van der Waals surface area contributed by atoms with Gasteiger partial charge in [-0.05, 0) is 49.6 Å². The number of carbonyl (C=O) groups excluding carboxylic acids is 1. The van der Waals surface area contributed by atoms with Gasteiger partial charge in [0.05, 0.1) is 48.7 Å². The number of likely N-dealkylation sites (N-methyl/N-ethyl adjacent to an activating group) is 1. The van der Waals surface area contributed by atoms with Crippen LogP contribution in [-0.2, 0) is 28.2 Å². The molecule has 0 saturated carbocycles. The van der Waals surface area contributed by atoms with E-state index < -0.39 is 41.2 Å². The van der Waals surface area contributed by atoms with Crippen LogP contribution in [0, 0.1) is 0 Å². The number of pyridine rings is 1. The summed E-state index contributed by atoms with van der Waals surface area (Å²) in [6.45, 7) is 4.12. The van der Waals surface area contributed by atoms with Crippen molar-refractivity contribution < 1.29 is 45.3 Å². The Bertz CT molecular complexity index is 1550. The highest BCUT2D eigenvalue weighted by Gasteiger charge is 2.47. The van der Waals surface area contributed by atoms with Crippen molar-refractivity contribution in [2.75, 3.05) is 50.8 Å². The van der Waals surface area contributed by atoms with Crippen molar-refractivity contribution in [3.63, 3.8) is 0 Å². The van der Waals surface area contributed by atoms with Crippen molar-refractivity contribution in [1.29, 1.82) is 0 Å².